The fourth-order valence-corrected chi connectivity index (χ4v) is 4.19. The van der Waals surface area contributed by atoms with Crippen LogP contribution in [0.25, 0.3) is 0 Å². The van der Waals surface area contributed by atoms with Crippen molar-refractivity contribution in [3.8, 4) is 0 Å². The van der Waals surface area contributed by atoms with Crippen LogP contribution in [0.5, 0.6) is 0 Å². The molecule has 1 saturated heterocycles. The molecule has 0 aromatic heterocycles. The Bertz CT molecular complexity index is 290. The minimum Gasteiger partial charge on any atom is -0.313 e. The highest BCUT2D eigenvalue weighted by atomic mass is 15.2. The highest BCUT2D eigenvalue weighted by Gasteiger charge is 2.38. The van der Waals surface area contributed by atoms with Crippen molar-refractivity contribution in [1.29, 1.82) is 0 Å². The molecule has 0 radical (unpaired) electrons. The minimum absolute atomic E-state index is 0.620. The van der Waals surface area contributed by atoms with Crippen molar-refractivity contribution in [1.82, 2.24) is 10.2 Å². The highest BCUT2D eigenvalue weighted by molar-refractivity contribution is 4.94. The van der Waals surface area contributed by atoms with Crippen LogP contribution in [0.4, 0.5) is 0 Å². The third kappa shape index (κ3) is 3.52. The molecule has 0 amide bonds. The molecule has 0 aromatic carbocycles. The average molecular weight is 264 g/mol. The van der Waals surface area contributed by atoms with Crippen LogP contribution in [-0.4, -0.2) is 37.1 Å². The lowest BCUT2D eigenvalue weighted by atomic mass is 9.85. The summed E-state index contributed by atoms with van der Waals surface area (Å²) in [5, 5.41) is 3.82. The molecule has 0 spiro atoms. The molecule has 1 aliphatic heterocycles. The molecule has 2 nitrogen and oxygen atoms in total. The van der Waals surface area contributed by atoms with Gasteiger partial charge in [0.15, 0.2) is 0 Å². The Kier molecular flexibility index (Phi) is 4.19. The van der Waals surface area contributed by atoms with Gasteiger partial charge in [0.05, 0.1) is 0 Å². The second-order valence-electron chi connectivity index (χ2n) is 7.89. The van der Waals surface area contributed by atoms with E-state index in [0.29, 0.717) is 5.41 Å². The molecule has 2 saturated carbocycles. The summed E-state index contributed by atoms with van der Waals surface area (Å²) >= 11 is 0. The monoisotopic (exact) mass is 264 g/mol. The van der Waals surface area contributed by atoms with Crippen molar-refractivity contribution in [3.05, 3.63) is 0 Å². The maximum absolute atomic E-state index is 3.82. The number of hydrogen-bond acceptors (Lipinski definition) is 2. The standard InChI is InChI=1S/C17H32N2/c1-14(2)15-7-10-19(11-15)13-17(8-3-4-9-17)12-18-16-5-6-16/h14-16,18H,3-13H2,1-2H3. The first-order valence-electron chi connectivity index (χ1n) is 8.63. The van der Waals surface area contributed by atoms with E-state index in [1.807, 2.05) is 0 Å². The summed E-state index contributed by atoms with van der Waals surface area (Å²) in [6.07, 6.45) is 10.2. The Hall–Kier alpha value is -0.0800. The molecule has 1 heterocycles. The Morgan fingerprint density at radius 3 is 2.47 bits per heavy atom. The molecule has 2 aliphatic carbocycles. The molecule has 0 aromatic rings. The maximum Gasteiger partial charge on any atom is 0.00684 e. The van der Waals surface area contributed by atoms with Gasteiger partial charge in [0.2, 0.25) is 0 Å². The number of nitrogens with zero attached hydrogens (tertiary/aromatic N) is 1. The van der Waals surface area contributed by atoms with Crippen LogP contribution in [0.15, 0.2) is 0 Å². The number of likely N-dealkylation sites (tertiary alicyclic amines) is 1. The molecule has 3 fully saturated rings. The minimum atomic E-state index is 0.620. The normalized spacial score (nSPS) is 31.4. The van der Waals surface area contributed by atoms with E-state index in [1.165, 1.54) is 71.1 Å². The fraction of sp³-hybridized carbons (Fsp3) is 1.00. The first-order valence-corrected chi connectivity index (χ1v) is 8.63. The first kappa shape index (κ1) is 13.9. The van der Waals surface area contributed by atoms with Crippen molar-refractivity contribution in [2.75, 3.05) is 26.2 Å². The zero-order valence-corrected chi connectivity index (χ0v) is 13.0. The number of hydrogen-bond donors (Lipinski definition) is 1. The van der Waals surface area contributed by atoms with Crippen LogP contribution in [0, 0.1) is 17.3 Å². The summed E-state index contributed by atoms with van der Waals surface area (Å²) in [6.45, 7) is 10.2. The lowest BCUT2D eigenvalue weighted by Crippen LogP contribution is -2.42. The van der Waals surface area contributed by atoms with Crippen molar-refractivity contribution < 1.29 is 0 Å². The smallest absolute Gasteiger partial charge is 0.00684 e. The van der Waals surface area contributed by atoms with Crippen LogP contribution in [0.1, 0.15) is 58.8 Å². The van der Waals surface area contributed by atoms with E-state index in [0.717, 1.165) is 17.9 Å². The molecular weight excluding hydrogens is 232 g/mol. The molecule has 19 heavy (non-hydrogen) atoms. The molecule has 1 atom stereocenters. The Morgan fingerprint density at radius 2 is 1.89 bits per heavy atom. The van der Waals surface area contributed by atoms with E-state index >= 15 is 0 Å². The van der Waals surface area contributed by atoms with Gasteiger partial charge in [-0.05, 0) is 55.9 Å². The lowest BCUT2D eigenvalue weighted by molar-refractivity contribution is 0.164. The van der Waals surface area contributed by atoms with Gasteiger partial charge in [0.25, 0.3) is 0 Å². The van der Waals surface area contributed by atoms with Gasteiger partial charge in [0, 0.05) is 25.7 Å². The molecule has 1 unspecified atom stereocenters. The van der Waals surface area contributed by atoms with Gasteiger partial charge in [0.1, 0.15) is 0 Å². The van der Waals surface area contributed by atoms with Crippen molar-refractivity contribution >= 4 is 0 Å². The van der Waals surface area contributed by atoms with Gasteiger partial charge in [-0.2, -0.15) is 0 Å². The fourth-order valence-electron chi connectivity index (χ4n) is 4.19. The van der Waals surface area contributed by atoms with Crippen LogP contribution in [-0.2, 0) is 0 Å². The molecule has 0 bridgehead atoms. The average Bonchev–Trinajstić information content (AvgIpc) is 2.91. The van der Waals surface area contributed by atoms with E-state index in [-0.39, 0.29) is 0 Å². The van der Waals surface area contributed by atoms with Gasteiger partial charge in [-0.15, -0.1) is 0 Å². The van der Waals surface area contributed by atoms with Crippen LogP contribution >= 0.6 is 0 Å². The summed E-state index contributed by atoms with van der Waals surface area (Å²) in [4.78, 5) is 2.78. The molecule has 110 valence electrons. The van der Waals surface area contributed by atoms with Gasteiger partial charge < -0.3 is 10.2 Å². The van der Waals surface area contributed by atoms with Gasteiger partial charge in [-0.3, -0.25) is 0 Å². The first-order chi connectivity index (χ1) is 9.17. The third-order valence-electron chi connectivity index (χ3n) is 5.82. The zero-order valence-electron chi connectivity index (χ0n) is 13.0. The lowest BCUT2D eigenvalue weighted by Gasteiger charge is -2.34. The van der Waals surface area contributed by atoms with Crippen molar-refractivity contribution in [2.24, 2.45) is 17.3 Å². The zero-order chi connectivity index (χ0) is 13.3. The quantitative estimate of drug-likeness (QED) is 0.792. The second kappa shape index (κ2) is 5.73. The van der Waals surface area contributed by atoms with E-state index in [4.69, 9.17) is 0 Å². The van der Waals surface area contributed by atoms with E-state index in [9.17, 15) is 0 Å². The van der Waals surface area contributed by atoms with Crippen LogP contribution in [0.3, 0.4) is 0 Å². The molecule has 1 N–H and O–H groups in total. The van der Waals surface area contributed by atoms with E-state index in [2.05, 4.69) is 24.1 Å². The Morgan fingerprint density at radius 1 is 1.16 bits per heavy atom. The predicted molar refractivity (Wildman–Crippen MR) is 81.3 cm³/mol. The van der Waals surface area contributed by atoms with Crippen molar-refractivity contribution in [2.45, 2.75) is 64.8 Å². The van der Waals surface area contributed by atoms with Crippen molar-refractivity contribution in [3.63, 3.8) is 0 Å². The predicted octanol–water partition coefficient (Wildman–Crippen LogP) is 3.28. The van der Waals surface area contributed by atoms with E-state index in [1.54, 1.807) is 0 Å². The van der Waals surface area contributed by atoms with Gasteiger partial charge in [-0.25, -0.2) is 0 Å². The molecule has 3 aliphatic rings. The number of rotatable bonds is 6. The summed E-state index contributed by atoms with van der Waals surface area (Å²) in [5.41, 5.74) is 0.620. The molecular formula is C17H32N2. The topological polar surface area (TPSA) is 15.3 Å². The molecule has 2 heteroatoms. The SMILES string of the molecule is CC(C)C1CCN(CC2(CNC3CC3)CCCC2)C1. The second-order valence-corrected chi connectivity index (χ2v) is 7.89. The summed E-state index contributed by atoms with van der Waals surface area (Å²) in [6, 6.07) is 0.875. The largest absolute Gasteiger partial charge is 0.313 e. The van der Waals surface area contributed by atoms with Gasteiger partial charge in [-0.1, -0.05) is 26.7 Å². The number of nitrogens with one attached hydrogen (secondary N) is 1. The van der Waals surface area contributed by atoms with Gasteiger partial charge >= 0.3 is 0 Å². The van der Waals surface area contributed by atoms with E-state index < -0.39 is 0 Å². The van der Waals surface area contributed by atoms with Crippen LogP contribution in [0.2, 0.25) is 0 Å². The Balaban J connectivity index is 1.52. The summed E-state index contributed by atoms with van der Waals surface area (Å²) < 4.78 is 0. The Labute approximate surface area is 119 Å². The molecule has 3 rings (SSSR count). The third-order valence-corrected chi connectivity index (χ3v) is 5.82. The summed E-state index contributed by atoms with van der Waals surface area (Å²) in [5.74, 6) is 1.82. The maximum atomic E-state index is 3.82. The summed E-state index contributed by atoms with van der Waals surface area (Å²) in [7, 11) is 0. The highest BCUT2D eigenvalue weighted by Crippen LogP contribution is 2.40. The van der Waals surface area contributed by atoms with Crippen LogP contribution < -0.4 is 5.32 Å².